The zero-order valence-corrected chi connectivity index (χ0v) is 12.9. The predicted molar refractivity (Wildman–Crippen MR) is 82.1 cm³/mol. The molecule has 0 spiro atoms. The lowest BCUT2D eigenvalue weighted by Crippen LogP contribution is -2.31. The number of halogens is 1. The van der Waals surface area contributed by atoms with Crippen LogP contribution in [0.25, 0.3) is 0 Å². The lowest BCUT2D eigenvalue weighted by molar-refractivity contribution is -0.115. The van der Waals surface area contributed by atoms with Crippen LogP contribution in [0.3, 0.4) is 0 Å². The van der Waals surface area contributed by atoms with Crippen LogP contribution < -0.4 is 10.6 Å². The van der Waals surface area contributed by atoms with Gasteiger partial charge in [0.2, 0.25) is 5.91 Å². The molecule has 2 unspecified atom stereocenters. The second kappa shape index (κ2) is 7.06. The third-order valence-electron chi connectivity index (χ3n) is 3.63. The van der Waals surface area contributed by atoms with Crippen molar-refractivity contribution in [2.75, 3.05) is 18.4 Å². The van der Waals surface area contributed by atoms with Crippen molar-refractivity contribution in [2.45, 2.75) is 26.2 Å². The Morgan fingerprint density at radius 3 is 2.95 bits per heavy atom. The van der Waals surface area contributed by atoms with E-state index in [-0.39, 0.29) is 5.91 Å². The fourth-order valence-corrected chi connectivity index (χ4v) is 3.07. The molecule has 0 radical (unpaired) electrons. The molecule has 0 aliphatic heterocycles. The molecular formula is C15H21BrN2O. The van der Waals surface area contributed by atoms with Gasteiger partial charge in [0, 0.05) is 10.2 Å². The van der Waals surface area contributed by atoms with E-state index < -0.39 is 0 Å². The molecule has 2 N–H and O–H groups in total. The normalized spacial score (nSPS) is 22.4. The van der Waals surface area contributed by atoms with E-state index in [1.807, 2.05) is 24.3 Å². The summed E-state index contributed by atoms with van der Waals surface area (Å²) in [4.78, 5) is 11.8. The minimum atomic E-state index is 0.0177. The van der Waals surface area contributed by atoms with E-state index in [4.69, 9.17) is 0 Å². The first-order valence-corrected chi connectivity index (χ1v) is 7.69. The Morgan fingerprint density at radius 2 is 2.26 bits per heavy atom. The van der Waals surface area contributed by atoms with Gasteiger partial charge in [0.15, 0.2) is 0 Å². The number of amides is 1. The molecule has 1 aromatic rings. The first kappa shape index (κ1) is 14.5. The smallest absolute Gasteiger partial charge is 0.238 e. The van der Waals surface area contributed by atoms with Crippen molar-refractivity contribution in [1.29, 1.82) is 0 Å². The second-order valence-corrected chi connectivity index (χ2v) is 6.39. The molecule has 1 aliphatic carbocycles. The van der Waals surface area contributed by atoms with Crippen molar-refractivity contribution >= 4 is 27.5 Å². The van der Waals surface area contributed by atoms with Crippen LogP contribution in [-0.2, 0) is 4.79 Å². The summed E-state index contributed by atoms with van der Waals surface area (Å²) in [7, 11) is 0. The lowest BCUT2D eigenvalue weighted by Gasteiger charge is -2.11. The summed E-state index contributed by atoms with van der Waals surface area (Å²) in [5.41, 5.74) is 0.829. The summed E-state index contributed by atoms with van der Waals surface area (Å²) in [6.07, 6.45) is 3.91. The molecule has 3 nitrogen and oxygen atoms in total. The Labute approximate surface area is 123 Å². The summed E-state index contributed by atoms with van der Waals surface area (Å²) in [6.45, 7) is 3.65. The molecule has 4 heteroatoms. The van der Waals surface area contributed by atoms with Gasteiger partial charge < -0.3 is 10.6 Å². The Kier molecular flexibility index (Phi) is 5.40. The quantitative estimate of drug-likeness (QED) is 0.871. The van der Waals surface area contributed by atoms with Gasteiger partial charge in [-0.3, -0.25) is 4.79 Å². The van der Waals surface area contributed by atoms with Crippen LogP contribution in [0.2, 0.25) is 0 Å². The topological polar surface area (TPSA) is 41.1 Å². The molecule has 1 aliphatic rings. The van der Waals surface area contributed by atoms with E-state index >= 15 is 0 Å². The van der Waals surface area contributed by atoms with Crippen LogP contribution in [0.15, 0.2) is 28.7 Å². The summed E-state index contributed by atoms with van der Waals surface area (Å²) >= 11 is 3.39. The summed E-state index contributed by atoms with van der Waals surface area (Å²) in [5, 5.41) is 6.14. The van der Waals surface area contributed by atoms with Gasteiger partial charge in [-0.2, -0.15) is 0 Å². The molecule has 0 heterocycles. The highest BCUT2D eigenvalue weighted by Gasteiger charge is 2.20. The largest absolute Gasteiger partial charge is 0.325 e. The van der Waals surface area contributed by atoms with E-state index in [1.165, 1.54) is 19.3 Å². The van der Waals surface area contributed by atoms with E-state index in [0.717, 1.165) is 28.5 Å². The van der Waals surface area contributed by atoms with Crippen LogP contribution in [0, 0.1) is 11.8 Å². The maximum atomic E-state index is 11.8. The number of carbonyl (C=O) groups is 1. The highest BCUT2D eigenvalue weighted by Crippen LogP contribution is 2.29. The zero-order chi connectivity index (χ0) is 13.7. The number of carbonyl (C=O) groups excluding carboxylic acids is 1. The van der Waals surface area contributed by atoms with Gasteiger partial charge in [-0.1, -0.05) is 35.3 Å². The molecule has 19 heavy (non-hydrogen) atoms. The van der Waals surface area contributed by atoms with Crippen LogP contribution in [0.1, 0.15) is 26.2 Å². The number of rotatable bonds is 5. The van der Waals surface area contributed by atoms with Crippen LogP contribution >= 0.6 is 15.9 Å². The van der Waals surface area contributed by atoms with Crippen molar-refractivity contribution in [2.24, 2.45) is 11.8 Å². The van der Waals surface area contributed by atoms with Gasteiger partial charge in [0.05, 0.1) is 6.54 Å². The average Bonchev–Trinajstić information content (AvgIpc) is 2.75. The lowest BCUT2D eigenvalue weighted by atomic mass is 10.1. The maximum Gasteiger partial charge on any atom is 0.238 e. The van der Waals surface area contributed by atoms with E-state index in [9.17, 15) is 4.79 Å². The number of hydrogen-bond acceptors (Lipinski definition) is 2. The fraction of sp³-hybridized carbons (Fsp3) is 0.533. The molecule has 1 saturated carbocycles. The molecule has 104 valence electrons. The molecule has 1 amide bonds. The first-order chi connectivity index (χ1) is 9.13. The Morgan fingerprint density at radius 1 is 1.42 bits per heavy atom. The molecule has 0 saturated heterocycles. The standard InChI is InChI=1S/C15H21BrN2O/c1-11-5-6-12(7-11)9-17-10-15(19)18-14-4-2-3-13(16)8-14/h2-4,8,11-12,17H,5-7,9-10H2,1H3,(H,18,19). The van der Waals surface area contributed by atoms with Crippen LogP contribution in [0.5, 0.6) is 0 Å². The molecule has 2 rings (SSSR count). The average molecular weight is 325 g/mol. The third kappa shape index (κ3) is 4.96. The number of benzene rings is 1. The Bertz CT molecular complexity index is 436. The zero-order valence-electron chi connectivity index (χ0n) is 11.3. The maximum absolute atomic E-state index is 11.8. The summed E-state index contributed by atoms with van der Waals surface area (Å²) in [6, 6.07) is 7.64. The monoisotopic (exact) mass is 324 g/mol. The van der Waals surface area contributed by atoms with Crippen molar-refractivity contribution in [3.63, 3.8) is 0 Å². The molecule has 1 aromatic carbocycles. The van der Waals surface area contributed by atoms with Gasteiger partial charge in [0.25, 0.3) is 0 Å². The third-order valence-corrected chi connectivity index (χ3v) is 4.12. The van der Waals surface area contributed by atoms with E-state index in [2.05, 4.69) is 33.5 Å². The van der Waals surface area contributed by atoms with Gasteiger partial charge >= 0.3 is 0 Å². The number of nitrogens with one attached hydrogen (secondary N) is 2. The van der Waals surface area contributed by atoms with Gasteiger partial charge in [-0.15, -0.1) is 0 Å². The predicted octanol–water partition coefficient (Wildman–Crippen LogP) is 3.41. The van der Waals surface area contributed by atoms with Crippen molar-refractivity contribution < 1.29 is 4.79 Å². The summed E-state index contributed by atoms with van der Waals surface area (Å²) < 4.78 is 0.971. The van der Waals surface area contributed by atoms with Crippen molar-refractivity contribution in [3.05, 3.63) is 28.7 Å². The van der Waals surface area contributed by atoms with Crippen LogP contribution in [-0.4, -0.2) is 19.0 Å². The van der Waals surface area contributed by atoms with Gasteiger partial charge in [0.1, 0.15) is 0 Å². The molecule has 1 fully saturated rings. The highest BCUT2D eigenvalue weighted by atomic mass is 79.9. The minimum absolute atomic E-state index is 0.0177. The van der Waals surface area contributed by atoms with Crippen molar-refractivity contribution in [1.82, 2.24) is 5.32 Å². The SMILES string of the molecule is CC1CCC(CNCC(=O)Nc2cccc(Br)c2)C1. The summed E-state index contributed by atoms with van der Waals surface area (Å²) in [5.74, 6) is 1.61. The number of anilines is 1. The Hall–Kier alpha value is -0.870. The minimum Gasteiger partial charge on any atom is -0.325 e. The number of hydrogen-bond donors (Lipinski definition) is 2. The molecule has 2 atom stereocenters. The van der Waals surface area contributed by atoms with Gasteiger partial charge in [-0.25, -0.2) is 0 Å². The van der Waals surface area contributed by atoms with Crippen molar-refractivity contribution in [3.8, 4) is 0 Å². The highest BCUT2D eigenvalue weighted by molar-refractivity contribution is 9.10. The fourth-order valence-electron chi connectivity index (χ4n) is 2.67. The molecular weight excluding hydrogens is 304 g/mol. The van der Waals surface area contributed by atoms with E-state index in [0.29, 0.717) is 6.54 Å². The second-order valence-electron chi connectivity index (χ2n) is 5.47. The molecule has 0 bridgehead atoms. The first-order valence-electron chi connectivity index (χ1n) is 6.89. The van der Waals surface area contributed by atoms with Gasteiger partial charge in [-0.05, 0) is 49.4 Å². The van der Waals surface area contributed by atoms with E-state index in [1.54, 1.807) is 0 Å². The molecule has 0 aromatic heterocycles. The Balaban J connectivity index is 1.67. The van der Waals surface area contributed by atoms with Crippen LogP contribution in [0.4, 0.5) is 5.69 Å².